The molecule has 3 N–H and O–H groups in total. The summed E-state index contributed by atoms with van der Waals surface area (Å²) in [5, 5.41) is 2.76. The van der Waals surface area contributed by atoms with Gasteiger partial charge in [-0.2, -0.15) is 0 Å². The molecule has 1 aromatic rings. The summed E-state index contributed by atoms with van der Waals surface area (Å²) in [7, 11) is 1.47. The summed E-state index contributed by atoms with van der Waals surface area (Å²) in [6, 6.07) is 3.57. The zero-order valence-electron chi connectivity index (χ0n) is 11.9. The maximum absolute atomic E-state index is 13.9. The molecule has 1 aliphatic heterocycles. The maximum Gasteiger partial charge on any atom is 0.236 e. The van der Waals surface area contributed by atoms with Gasteiger partial charge in [-0.3, -0.25) is 4.79 Å². The normalized spacial score (nSPS) is 24.3. The Bertz CT molecular complexity index is 510. The number of amides is 1. The second kappa shape index (κ2) is 6.95. The highest BCUT2D eigenvalue weighted by atomic mass is 19.2. The van der Waals surface area contributed by atoms with Crippen molar-refractivity contribution in [3.8, 4) is 0 Å². The van der Waals surface area contributed by atoms with E-state index in [0.29, 0.717) is 19.4 Å². The Morgan fingerprint density at radius 1 is 1.43 bits per heavy atom. The van der Waals surface area contributed by atoms with Gasteiger partial charge in [0.05, 0.1) is 12.1 Å². The summed E-state index contributed by atoms with van der Waals surface area (Å²) in [6.45, 7) is 0.476. The highest BCUT2D eigenvalue weighted by molar-refractivity contribution is 5.81. The molecule has 1 aliphatic rings. The van der Waals surface area contributed by atoms with Crippen LogP contribution < -0.4 is 11.1 Å². The number of carbonyl (C=O) groups is 1. The molecule has 1 unspecified atom stereocenters. The molecule has 4 nitrogen and oxygen atoms in total. The number of ether oxygens (including phenoxy) is 1. The number of rotatable bonds is 4. The molecule has 2 rings (SSSR count). The number of halogens is 2. The van der Waals surface area contributed by atoms with Crippen LogP contribution in [0.4, 0.5) is 8.78 Å². The minimum absolute atomic E-state index is 0.120. The molecule has 1 aromatic carbocycles. The molecule has 1 heterocycles. The summed E-state index contributed by atoms with van der Waals surface area (Å²) in [4.78, 5) is 11.5. The van der Waals surface area contributed by atoms with Crippen LogP contribution in [0.15, 0.2) is 18.2 Å². The molecular weight excluding hydrogens is 278 g/mol. The van der Waals surface area contributed by atoms with E-state index in [2.05, 4.69) is 5.32 Å². The Hall–Kier alpha value is -1.53. The highest BCUT2D eigenvalue weighted by Gasteiger charge is 2.26. The van der Waals surface area contributed by atoms with E-state index in [1.807, 2.05) is 0 Å². The fourth-order valence-electron chi connectivity index (χ4n) is 2.65. The largest absolute Gasteiger partial charge is 0.377 e. The van der Waals surface area contributed by atoms with Crippen molar-refractivity contribution in [1.29, 1.82) is 0 Å². The van der Waals surface area contributed by atoms with Crippen LogP contribution in [0.2, 0.25) is 0 Å². The van der Waals surface area contributed by atoms with E-state index in [0.717, 1.165) is 12.5 Å². The molecule has 6 heteroatoms. The van der Waals surface area contributed by atoms with Crippen LogP contribution in [0.1, 0.15) is 30.9 Å². The Morgan fingerprint density at radius 2 is 2.19 bits per heavy atom. The summed E-state index contributed by atoms with van der Waals surface area (Å²) in [5.41, 5.74) is 5.91. The van der Waals surface area contributed by atoms with E-state index in [9.17, 15) is 13.6 Å². The van der Waals surface area contributed by atoms with Crippen LogP contribution in [0.5, 0.6) is 0 Å². The number of nitrogens with two attached hydrogens (primary N) is 1. The van der Waals surface area contributed by atoms with E-state index in [-0.39, 0.29) is 17.4 Å². The van der Waals surface area contributed by atoms with Crippen LogP contribution in [0, 0.1) is 17.6 Å². The average Bonchev–Trinajstić information content (AvgIpc) is 2.63. The van der Waals surface area contributed by atoms with Gasteiger partial charge in [-0.25, -0.2) is 8.78 Å². The minimum Gasteiger partial charge on any atom is -0.377 e. The van der Waals surface area contributed by atoms with Gasteiger partial charge < -0.3 is 15.8 Å². The molecule has 3 atom stereocenters. The summed E-state index contributed by atoms with van der Waals surface area (Å²) in [5.74, 6) is -1.80. The molecular formula is C15H20F2N2O2. The van der Waals surface area contributed by atoms with Crippen molar-refractivity contribution >= 4 is 5.91 Å². The SMILES string of the molecule is COC(C[C@@H]1CC[C@@H](N)C(=O)NC1)c1cccc(F)c1F. The van der Waals surface area contributed by atoms with Gasteiger partial charge in [0.1, 0.15) is 0 Å². The first-order valence-electron chi connectivity index (χ1n) is 7.03. The Labute approximate surface area is 122 Å². The summed E-state index contributed by atoms with van der Waals surface area (Å²) < 4.78 is 32.5. The third-order valence-corrected chi connectivity index (χ3v) is 3.95. The molecule has 1 amide bonds. The third-order valence-electron chi connectivity index (χ3n) is 3.95. The lowest BCUT2D eigenvalue weighted by Crippen LogP contribution is -2.39. The van der Waals surface area contributed by atoms with Crippen LogP contribution in [-0.2, 0) is 9.53 Å². The molecule has 0 saturated carbocycles. The smallest absolute Gasteiger partial charge is 0.236 e. The number of benzene rings is 1. The molecule has 0 radical (unpaired) electrons. The van der Waals surface area contributed by atoms with Crippen LogP contribution in [0.3, 0.4) is 0 Å². The first kappa shape index (κ1) is 15.9. The molecule has 0 aliphatic carbocycles. The van der Waals surface area contributed by atoms with Gasteiger partial charge in [0.15, 0.2) is 11.6 Å². The predicted molar refractivity (Wildman–Crippen MR) is 74.4 cm³/mol. The van der Waals surface area contributed by atoms with E-state index < -0.39 is 23.8 Å². The average molecular weight is 298 g/mol. The van der Waals surface area contributed by atoms with Crippen LogP contribution in [-0.4, -0.2) is 25.6 Å². The van der Waals surface area contributed by atoms with Crippen molar-refractivity contribution in [3.63, 3.8) is 0 Å². The third kappa shape index (κ3) is 3.77. The van der Waals surface area contributed by atoms with Gasteiger partial charge in [-0.15, -0.1) is 0 Å². The van der Waals surface area contributed by atoms with E-state index >= 15 is 0 Å². The van der Waals surface area contributed by atoms with E-state index in [1.165, 1.54) is 19.2 Å². The lowest BCUT2D eigenvalue weighted by Gasteiger charge is -2.22. The Balaban J connectivity index is 2.08. The van der Waals surface area contributed by atoms with Gasteiger partial charge >= 0.3 is 0 Å². The standard InChI is InChI=1S/C15H20F2N2O2/c1-21-13(10-3-2-4-11(16)14(10)17)7-9-5-6-12(18)15(20)19-8-9/h2-4,9,12-13H,5-8,18H2,1H3,(H,19,20)/t9-,12+,13?/m0/s1. The van der Waals surface area contributed by atoms with Gasteiger partial charge in [0.2, 0.25) is 5.91 Å². The summed E-state index contributed by atoms with van der Waals surface area (Å²) in [6.07, 6.45) is 1.29. The van der Waals surface area contributed by atoms with Crippen molar-refractivity contribution < 1.29 is 18.3 Å². The van der Waals surface area contributed by atoms with Gasteiger partial charge in [-0.05, 0) is 31.2 Å². The predicted octanol–water partition coefficient (Wildman–Crippen LogP) is 1.90. The van der Waals surface area contributed by atoms with Crippen molar-refractivity contribution in [2.75, 3.05) is 13.7 Å². The molecule has 116 valence electrons. The fourth-order valence-corrected chi connectivity index (χ4v) is 2.65. The number of hydrogen-bond donors (Lipinski definition) is 2. The lowest BCUT2D eigenvalue weighted by atomic mass is 9.92. The van der Waals surface area contributed by atoms with Crippen LogP contribution in [0.25, 0.3) is 0 Å². The van der Waals surface area contributed by atoms with Crippen LogP contribution >= 0.6 is 0 Å². The second-order valence-corrected chi connectivity index (χ2v) is 5.40. The zero-order valence-corrected chi connectivity index (χ0v) is 11.9. The molecule has 1 fully saturated rings. The van der Waals surface area contributed by atoms with E-state index in [1.54, 1.807) is 0 Å². The first-order valence-corrected chi connectivity index (χ1v) is 7.03. The number of methoxy groups -OCH3 is 1. The Morgan fingerprint density at radius 3 is 2.90 bits per heavy atom. The zero-order chi connectivity index (χ0) is 15.4. The van der Waals surface area contributed by atoms with Crippen molar-refractivity contribution in [2.45, 2.75) is 31.4 Å². The van der Waals surface area contributed by atoms with Crippen molar-refractivity contribution in [1.82, 2.24) is 5.32 Å². The Kier molecular flexibility index (Phi) is 5.25. The molecule has 0 aromatic heterocycles. The highest BCUT2D eigenvalue weighted by Crippen LogP contribution is 2.30. The second-order valence-electron chi connectivity index (χ2n) is 5.40. The topological polar surface area (TPSA) is 64.3 Å². The minimum atomic E-state index is -0.884. The fraction of sp³-hybridized carbons (Fsp3) is 0.533. The van der Waals surface area contributed by atoms with Gasteiger partial charge in [-0.1, -0.05) is 12.1 Å². The number of hydrogen-bond acceptors (Lipinski definition) is 3. The van der Waals surface area contributed by atoms with Crippen molar-refractivity contribution in [2.24, 2.45) is 11.7 Å². The van der Waals surface area contributed by atoms with Gasteiger partial charge in [0, 0.05) is 19.2 Å². The van der Waals surface area contributed by atoms with E-state index in [4.69, 9.17) is 10.5 Å². The number of nitrogens with one attached hydrogen (secondary N) is 1. The van der Waals surface area contributed by atoms with Gasteiger partial charge in [0.25, 0.3) is 0 Å². The molecule has 0 bridgehead atoms. The molecule has 0 spiro atoms. The maximum atomic E-state index is 13.9. The summed E-state index contributed by atoms with van der Waals surface area (Å²) >= 11 is 0. The molecule has 21 heavy (non-hydrogen) atoms. The van der Waals surface area contributed by atoms with Crippen molar-refractivity contribution in [3.05, 3.63) is 35.4 Å². The first-order chi connectivity index (χ1) is 10.0. The molecule has 1 saturated heterocycles. The number of carbonyl (C=O) groups excluding carboxylic acids is 1. The quantitative estimate of drug-likeness (QED) is 0.892. The monoisotopic (exact) mass is 298 g/mol. The lowest BCUT2D eigenvalue weighted by molar-refractivity contribution is -0.122.